The van der Waals surface area contributed by atoms with Gasteiger partial charge in [0.05, 0.1) is 11.4 Å². The third-order valence-corrected chi connectivity index (χ3v) is 13.7. The second-order valence-electron chi connectivity index (χ2n) is 16.8. The zero-order chi connectivity index (χ0) is 38.4. The fraction of sp³-hybridized carbons (Fsp3) is 0.0769. The average molecular weight is 763 g/mol. The molecule has 0 spiro atoms. The molecule has 0 amide bonds. The molecule has 0 fully saturated rings. The summed E-state index contributed by atoms with van der Waals surface area (Å²) in [5, 5.41) is 4.50. The van der Waals surface area contributed by atoms with Gasteiger partial charge in [0.2, 0.25) is 0 Å². The monoisotopic (exact) mass is 762 g/mol. The van der Waals surface area contributed by atoms with Gasteiger partial charge in [-0.3, -0.25) is 0 Å². The van der Waals surface area contributed by atoms with Crippen LogP contribution in [0.1, 0.15) is 26.3 Å². The van der Waals surface area contributed by atoms with Gasteiger partial charge in [0.1, 0.15) is 22.3 Å². The standard InChI is InChI=1S/C52H35BN2O2S/c1-52(2,3)31-24-25-37(35(28-31)30-14-5-4-6-15-30)54-39-26-27-43-46(33-17-8-11-21-42(33)56-43)48(39)53-49-40(54)29-36-32-16-7-10-20-41(32)57-51(36)47(49)34-18-13-23-45-50(34)55(53)38-19-9-12-22-44(38)58-45/h4-29H,1-3H3. The van der Waals surface area contributed by atoms with E-state index in [1.54, 1.807) is 0 Å². The molecule has 10 aromatic rings. The van der Waals surface area contributed by atoms with Crippen LogP contribution in [0.15, 0.2) is 176 Å². The average Bonchev–Trinajstić information content (AvgIpc) is 3.82. The molecule has 0 saturated carbocycles. The first-order chi connectivity index (χ1) is 28.4. The van der Waals surface area contributed by atoms with E-state index < -0.39 is 0 Å². The predicted molar refractivity (Wildman–Crippen MR) is 243 cm³/mol. The molecule has 5 heterocycles. The van der Waals surface area contributed by atoms with E-state index >= 15 is 0 Å². The summed E-state index contributed by atoms with van der Waals surface area (Å²) in [5.41, 5.74) is 17.9. The zero-order valence-corrected chi connectivity index (χ0v) is 33.0. The van der Waals surface area contributed by atoms with Crippen molar-refractivity contribution < 1.29 is 8.83 Å². The molecule has 0 atom stereocenters. The van der Waals surface area contributed by atoms with Crippen LogP contribution in [0.5, 0.6) is 0 Å². The van der Waals surface area contributed by atoms with Crippen molar-refractivity contribution in [1.29, 1.82) is 0 Å². The van der Waals surface area contributed by atoms with Gasteiger partial charge in [0.15, 0.2) is 0 Å². The Morgan fingerprint density at radius 2 is 1.24 bits per heavy atom. The molecule has 6 heteroatoms. The molecule has 3 aliphatic rings. The number of para-hydroxylation sites is 4. The van der Waals surface area contributed by atoms with E-state index in [9.17, 15) is 0 Å². The lowest BCUT2D eigenvalue weighted by atomic mass is 9.42. The van der Waals surface area contributed by atoms with Crippen molar-refractivity contribution in [3.8, 4) is 22.3 Å². The van der Waals surface area contributed by atoms with E-state index in [0.29, 0.717) is 0 Å². The number of anilines is 5. The molecule has 0 saturated heterocycles. The molecule has 4 nitrogen and oxygen atoms in total. The Labute approximate surface area is 340 Å². The molecule has 0 aliphatic carbocycles. The number of nitrogens with zero attached hydrogens (tertiary/aromatic N) is 2. The van der Waals surface area contributed by atoms with Crippen LogP contribution < -0.4 is 20.6 Å². The van der Waals surface area contributed by atoms with E-state index in [0.717, 1.165) is 66.5 Å². The Balaban J connectivity index is 1.26. The van der Waals surface area contributed by atoms with Gasteiger partial charge in [0, 0.05) is 65.1 Å². The zero-order valence-electron chi connectivity index (χ0n) is 32.2. The molecule has 274 valence electrons. The summed E-state index contributed by atoms with van der Waals surface area (Å²) in [6.45, 7) is 6.70. The topological polar surface area (TPSA) is 32.8 Å². The molecule has 3 aliphatic heterocycles. The van der Waals surface area contributed by atoms with Crippen molar-refractivity contribution in [1.82, 2.24) is 0 Å². The summed E-state index contributed by atoms with van der Waals surface area (Å²) in [5.74, 6) is 0. The number of hydrogen-bond donors (Lipinski definition) is 0. The molecule has 8 aromatic carbocycles. The van der Waals surface area contributed by atoms with Gasteiger partial charge in [-0.2, -0.15) is 0 Å². The van der Waals surface area contributed by atoms with Gasteiger partial charge in [0.25, 0.3) is 0 Å². The summed E-state index contributed by atoms with van der Waals surface area (Å²) in [6, 6.07) is 57.6. The predicted octanol–water partition coefficient (Wildman–Crippen LogP) is 13.6. The highest BCUT2D eigenvalue weighted by Gasteiger charge is 2.50. The largest absolute Gasteiger partial charge is 0.456 e. The van der Waals surface area contributed by atoms with Gasteiger partial charge in [-0.05, 0) is 88.1 Å². The van der Waals surface area contributed by atoms with Crippen LogP contribution in [-0.4, -0.2) is 6.85 Å². The first kappa shape index (κ1) is 32.5. The van der Waals surface area contributed by atoms with Crippen LogP contribution in [-0.2, 0) is 5.41 Å². The van der Waals surface area contributed by atoms with Crippen molar-refractivity contribution in [2.75, 3.05) is 9.71 Å². The molecular weight excluding hydrogens is 727 g/mol. The SMILES string of the molecule is CC(C)(C)c1ccc(N2c3cc4c(oc5ccccc54)c4c3B(c3c2ccc2oc5ccccc5c32)N2c3ccccc3Sc3cccc-4c32)c(-c2ccccc2)c1. The van der Waals surface area contributed by atoms with Crippen LogP contribution in [0, 0.1) is 0 Å². The summed E-state index contributed by atoms with van der Waals surface area (Å²) in [6.07, 6.45) is 0. The van der Waals surface area contributed by atoms with Gasteiger partial charge < -0.3 is 18.5 Å². The second kappa shape index (κ2) is 11.5. The fourth-order valence-corrected chi connectivity index (χ4v) is 11.1. The number of furan rings is 2. The third kappa shape index (κ3) is 4.28. The Morgan fingerprint density at radius 1 is 0.517 bits per heavy atom. The van der Waals surface area contributed by atoms with E-state index in [1.807, 2.05) is 11.8 Å². The van der Waals surface area contributed by atoms with Crippen LogP contribution in [0.4, 0.5) is 28.4 Å². The highest BCUT2D eigenvalue weighted by atomic mass is 32.2. The maximum absolute atomic E-state index is 7.03. The minimum absolute atomic E-state index is 0.0380. The van der Waals surface area contributed by atoms with Gasteiger partial charge in [-0.25, -0.2) is 0 Å². The quantitative estimate of drug-likeness (QED) is 0.164. The Morgan fingerprint density at radius 3 is 2.09 bits per heavy atom. The maximum atomic E-state index is 7.03. The fourth-order valence-electron chi connectivity index (χ4n) is 10.0. The lowest BCUT2D eigenvalue weighted by Crippen LogP contribution is -2.62. The van der Waals surface area contributed by atoms with Crippen molar-refractivity contribution >= 4 is 102 Å². The van der Waals surface area contributed by atoms with Crippen molar-refractivity contribution in [2.24, 2.45) is 0 Å². The molecule has 58 heavy (non-hydrogen) atoms. The summed E-state index contributed by atoms with van der Waals surface area (Å²) < 4.78 is 13.8. The molecule has 0 radical (unpaired) electrons. The number of benzene rings is 8. The van der Waals surface area contributed by atoms with Gasteiger partial charge in [-0.1, -0.05) is 130 Å². The van der Waals surface area contributed by atoms with Crippen LogP contribution in [0.3, 0.4) is 0 Å². The van der Waals surface area contributed by atoms with Crippen molar-refractivity contribution in [2.45, 2.75) is 36.0 Å². The smallest absolute Gasteiger partial charge is 0.334 e. The minimum atomic E-state index is -0.191. The number of fused-ring (bicyclic) bond motifs is 14. The number of hydrogen-bond acceptors (Lipinski definition) is 5. The summed E-state index contributed by atoms with van der Waals surface area (Å²) in [7, 11) is 0. The highest BCUT2D eigenvalue weighted by Crippen LogP contribution is 2.58. The van der Waals surface area contributed by atoms with Crippen molar-refractivity contribution in [3.05, 3.63) is 163 Å². The lowest BCUT2D eigenvalue weighted by Gasteiger charge is -2.48. The van der Waals surface area contributed by atoms with E-state index in [-0.39, 0.29) is 12.3 Å². The highest BCUT2D eigenvalue weighted by molar-refractivity contribution is 7.99. The molecule has 0 unspecified atom stereocenters. The van der Waals surface area contributed by atoms with Crippen LogP contribution in [0.25, 0.3) is 66.1 Å². The van der Waals surface area contributed by atoms with Crippen molar-refractivity contribution in [3.63, 3.8) is 0 Å². The normalized spacial score (nSPS) is 13.9. The molecule has 0 bridgehead atoms. The van der Waals surface area contributed by atoms with Crippen LogP contribution >= 0.6 is 11.8 Å². The van der Waals surface area contributed by atoms with E-state index in [2.05, 4.69) is 188 Å². The van der Waals surface area contributed by atoms with Gasteiger partial charge >= 0.3 is 6.85 Å². The lowest BCUT2D eigenvalue weighted by molar-refractivity contribution is 0.590. The third-order valence-electron chi connectivity index (χ3n) is 12.6. The molecular formula is C52H35BN2O2S. The molecule has 2 aromatic heterocycles. The summed E-state index contributed by atoms with van der Waals surface area (Å²) in [4.78, 5) is 7.68. The van der Waals surface area contributed by atoms with Crippen LogP contribution in [0.2, 0.25) is 0 Å². The second-order valence-corrected chi connectivity index (χ2v) is 17.9. The molecule has 0 N–H and O–H groups in total. The van der Waals surface area contributed by atoms with Gasteiger partial charge in [-0.15, -0.1) is 0 Å². The Hall–Kier alpha value is -6.63. The Kier molecular flexibility index (Phi) is 6.43. The molecule has 13 rings (SSSR count). The first-order valence-corrected chi connectivity index (χ1v) is 20.9. The number of rotatable bonds is 2. The minimum Gasteiger partial charge on any atom is -0.456 e. The van der Waals surface area contributed by atoms with E-state index in [1.165, 1.54) is 54.3 Å². The first-order valence-electron chi connectivity index (χ1n) is 20.0. The Bertz CT molecular complexity index is 3390. The maximum Gasteiger partial charge on any atom is 0.334 e. The summed E-state index contributed by atoms with van der Waals surface area (Å²) >= 11 is 1.86. The van der Waals surface area contributed by atoms with E-state index in [4.69, 9.17) is 8.83 Å².